The summed E-state index contributed by atoms with van der Waals surface area (Å²) in [5.74, 6) is -0.0994. The van der Waals surface area contributed by atoms with Crippen molar-refractivity contribution in [3.05, 3.63) is 5.82 Å². The van der Waals surface area contributed by atoms with Gasteiger partial charge in [0, 0.05) is 32.7 Å². The van der Waals surface area contributed by atoms with E-state index < -0.39 is 5.60 Å². The molecule has 1 aliphatic rings. The SMILES string of the molecule is CC(C)(O)CN1CCN(C(=O)c2nn[nH]n2)CC1. The minimum Gasteiger partial charge on any atom is -0.389 e. The molecule has 0 atom stereocenters. The molecule has 0 radical (unpaired) electrons. The summed E-state index contributed by atoms with van der Waals surface area (Å²) in [5.41, 5.74) is -0.708. The van der Waals surface area contributed by atoms with Gasteiger partial charge in [0.1, 0.15) is 0 Å². The molecule has 0 aromatic carbocycles. The van der Waals surface area contributed by atoms with Gasteiger partial charge < -0.3 is 10.0 Å². The molecule has 1 saturated heterocycles. The van der Waals surface area contributed by atoms with Crippen LogP contribution in [0.5, 0.6) is 0 Å². The van der Waals surface area contributed by atoms with Crippen LogP contribution in [0.3, 0.4) is 0 Å². The minimum absolute atomic E-state index is 0.103. The Bertz CT molecular complexity index is 391. The second-order valence-corrected chi connectivity index (χ2v) is 5.12. The van der Waals surface area contributed by atoms with Crippen LogP contribution >= 0.6 is 0 Å². The van der Waals surface area contributed by atoms with E-state index in [-0.39, 0.29) is 11.7 Å². The summed E-state index contributed by atoms with van der Waals surface area (Å²) < 4.78 is 0. The first-order valence-corrected chi connectivity index (χ1v) is 5.93. The average Bonchev–Trinajstić information content (AvgIpc) is 2.80. The number of aliphatic hydroxyl groups is 1. The zero-order valence-electron chi connectivity index (χ0n) is 10.6. The number of β-amino-alcohol motifs (C(OH)–C–C–N with tert-alkyl or cyclic N) is 1. The number of amides is 1. The van der Waals surface area contributed by atoms with Crippen LogP contribution in [0, 0.1) is 0 Å². The molecule has 2 heterocycles. The fourth-order valence-electron chi connectivity index (χ4n) is 2.05. The number of hydrogen-bond acceptors (Lipinski definition) is 6. The van der Waals surface area contributed by atoms with Gasteiger partial charge in [-0.2, -0.15) is 5.21 Å². The van der Waals surface area contributed by atoms with Crippen LogP contribution in [-0.4, -0.2) is 79.8 Å². The second kappa shape index (κ2) is 4.99. The summed E-state index contributed by atoms with van der Waals surface area (Å²) in [6, 6.07) is 0. The Hall–Kier alpha value is -1.54. The van der Waals surface area contributed by atoms with E-state index in [9.17, 15) is 9.90 Å². The largest absolute Gasteiger partial charge is 0.389 e. The molecule has 100 valence electrons. The van der Waals surface area contributed by atoms with Crippen LogP contribution in [0.4, 0.5) is 0 Å². The first-order valence-electron chi connectivity index (χ1n) is 5.93. The molecule has 0 aliphatic carbocycles. The van der Waals surface area contributed by atoms with E-state index in [1.807, 2.05) is 0 Å². The number of aromatic amines is 1. The summed E-state index contributed by atoms with van der Waals surface area (Å²) >= 11 is 0. The number of tetrazole rings is 1. The smallest absolute Gasteiger partial charge is 0.295 e. The molecule has 2 rings (SSSR count). The molecule has 1 aromatic heterocycles. The van der Waals surface area contributed by atoms with Crippen LogP contribution < -0.4 is 0 Å². The molecule has 0 unspecified atom stereocenters. The van der Waals surface area contributed by atoms with Gasteiger partial charge in [-0.05, 0) is 19.1 Å². The number of piperazine rings is 1. The van der Waals surface area contributed by atoms with Crippen molar-refractivity contribution in [3.63, 3.8) is 0 Å². The van der Waals surface area contributed by atoms with E-state index in [0.29, 0.717) is 19.6 Å². The number of carbonyl (C=O) groups excluding carboxylic acids is 1. The molecule has 2 N–H and O–H groups in total. The maximum atomic E-state index is 11.9. The third-order valence-corrected chi connectivity index (χ3v) is 2.81. The maximum Gasteiger partial charge on any atom is 0.295 e. The van der Waals surface area contributed by atoms with Gasteiger partial charge in [-0.15, -0.1) is 10.2 Å². The Kier molecular flexibility index (Phi) is 3.58. The number of aromatic nitrogens is 4. The first kappa shape index (κ1) is 12.9. The average molecular weight is 254 g/mol. The molecule has 1 aliphatic heterocycles. The van der Waals surface area contributed by atoms with Crippen molar-refractivity contribution in [2.75, 3.05) is 32.7 Å². The lowest BCUT2D eigenvalue weighted by Gasteiger charge is -2.36. The van der Waals surface area contributed by atoms with Crippen LogP contribution in [0.1, 0.15) is 24.5 Å². The van der Waals surface area contributed by atoms with Gasteiger partial charge in [-0.3, -0.25) is 9.69 Å². The highest BCUT2D eigenvalue weighted by Crippen LogP contribution is 2.09. The van der Waals surface area contributed by atoms with Crippen LogP contribution in [0.15, 0.2) is 0 Å². The lowest BCUT2D eigenvalue weighted by atomic mass is 10.1. The Morgan fingerprint density at radius 3 is 2.56 bits per heavy atom. The van der Waals surface area contributed by atoms with Gasteiger partial charge in [-0.25, -0.2) is 0 Å². The molecule has 1 amide bonds. The van der Waals surface area contributed by atoms with Gasteiger partial charge >= 0.3 is 0 Å². The molecular weight excluding hydrogens is 236 g/mol. The van der Waals surface area contributed by atoms with Crippen LogP contribution in [0.25, 0.3) is 0 Å². The molecule has 8 heteroatoms. The Morgan fingerprint density at radius 1 is 1.39 bits per heavy atom. The van der Waals surface area contributed by atoms with Crippen molar-refractivity contribution in [2.24, 2.45) is 0 Å². The van der Waals surface area contributed by atoms with Crippen molar-refractivity contribution in [1.82, 2.24) is 30.4 Å². The van der Waals surface area contributed by atoms with Crippen molar-refractivity contribution >= 4 is 5.91 Å². The zero-order chi connectivity index (χ0) is 13.2. The molecule has 18 heavy (non-hydrogen) atoms. The highest BCUT2D eigenvalue weighted by atomic mass is 16.3. The maximum absolute atomic E-state index is 11.9. The third-order valence-electron chi connectivity index (χ3n) is 2.81. The lowest BCUT2D eigenvalue weighted by molar-refractivity contribution is 0.0176. The van der Waals surface area contributed by atoms with Gasteiger partial charge in [0.15, 0.2) is 0 Å². The predicted molar refractivity (Wildman–Crippen MR) is 62.8 cm³/mol. The Balaban J connectivity index is 1.85. The molecule has 0 saturated carbocycles. The van der Waals surface area contributed by atoms with Gasteiger partial charge in [-0.1, -0.05) is 0 Å². The zero-order valence-corrected chi connectivity index (χ0v) is 10.6. The van der Waals surface area contributed by atoms with Gasteiger partial charge in [0.05, 0.1) is 5.60 Å². The number of H-pyrrole nitrogens is 1. The number of nitrogens with one attached hydrogen (secondary N) is 1. The van der Waals surface area contributed by atoms with E-state index in [2.05, 4.69) is 25.5 Å². The summed E-state index contributed by atoms with van der Waals surface area (Å²) in [4.78, 5) is 15.8. The Labute approximate surface area is 105 Å². The number of hydrogen-bond donors (Lipinski definition) is 2. The number of carbonyl (C=O) groups is 1. The fourth-order valence-corrected chi connectivity index (χ4v) is 2.05. The van der Waals surface area contributed by atoms with Crippen molar-refractivity contribution in [2.45, 2.75) is 19.4 Å². The summed E-state index contributed by atoms with van der Waals surface area (Å²) in [6.07, 6.45) is 0. The Morgan fingerprint density at radius 2 is 2.06 bits per heavy atom. The van der Waals surface area contributed by atoms with E-state index >= 15 is 0 Å². The van der Waals surface area contributed by atoms with E-state index in [0.717, 1.165) is 13.1 Å². The van der Waals surface area contributed by atoms with Crippen molar-refractivity contribution in [3.8, 4) is 0 Å². The van der Waals surface area contributed by atoms with E-state index in [1.54, 1.807) is 18.7 Å². The number of rotatable bonds is 3. The van der Waals surface area contributed by atoms with Crippen molar-refractivity contribution in [1.29, 1.82) is 0 Å². The van der Waals surface area contributed by atoms with Crippen LogP contribution in [-0.2, 0) is 0 Å². The predicted octanol–water partition coefficient (Wildman–Crippen LogP) is -1.27. The second-order valence-electron chi connectivity index (χ2n) is 5.12. The quantitative estimate of drug-likeness (QED) is 0.698. The molecule has 1 fully saturated rings. The fraction of sp³-hybridized carbons (Fsp3) is 0.800. The monoisotopic (exact) mass is 254 g/mol. The van der Waals surface area contributed by atoms with Gasteiger partial charge in [0.2, 0.25) is 0 Å². The van der Waals surface area contributed by atoms with Crippen molar-refractivity contribution < 1.29 is 9.90 Å². The normalized spacial score (nSPS) is 18.1. The first-order chi connectivity index (χ1) is 8.46. The molecular formula is C10H18N6O2. The molecule has 1 aromatic rings. The van der Waals surface area contributed by atoms with E-state index in [1.165, 1.54) is 0 Å². The summed E-state index contributed by atoms with van der Waals surface area (Å²) in [5, 5.41) is 22.7. The topological polar surface area (TPSA) is 98.2 Å². The van der Waals surface area contributed by atoms with Crippen LogP contribution in [0.2, 0.25) is 0 Å². The molecule has 0 spiro atoms. The van der Waals surface area contributed by atoms with Gasteiger partial charge in [0.25, 0.3) is 11.7 Å². The third kappa shape index (κ3) is 3.23. The summed E-state index contributed by atoms with van der Waals surface area (Å²) in [7, 11) is 0. The highest BCUT2D eigenvalue weighted by molar-refractivity contribution is 5.90. The minimum atomic E-state index is -0.708. The lowest BCUT2D eigenvalue weighted by Crippen LogP contribution is -2.52. The number of nitrogens with zero attached hydrogens (tertiary/aromatic N) is 5. The molecule has 8 nitrogen and oxygen atoms in total. The van der Waals surface area contributed by atoms with E-state index in [4.69, 9.17) is 0 Å². The standard InChI is InChI=1S/C10H18N6O2/c1-10(2,18)7-15-3-5-16(6-4-15)9(17)8-11-13-14-12-8/h18H,3-7H2,1-2H3,(H,11,12,13,14). The highest BCUT2D eigenvalue weighted by Gasteiger charge is 2.26. The molecule has 0 bridgehead atoms. The summed E-state index contributed by atoms with van der Waals surface area (Å²) in [6.45, 7) is 6.89.